The molecule has 0 aromatic carbocycles. The fourth-order valence-electron chi connectivity index (χ4n) is 11.0. The Balaban J connectivity index is 1.13. The monoisotopic (exact) mass is 514 g/mol. The van der Waals surface area contributed by atoms with Gasteiger partial charge in [0, 0.05) is 18.8 Å². The standard InChI is InChI=1S/C33H54O4/c1-7-20(2)16-29(34)36-24-11-13-31(5)23(17-24)8-9-25-26(31)12-14-32(6)27(25)18-28-30(32)22(4)33(37-28)15-10-21(3)19-35-33/h20-28,30H,7-19H2,1-6H3/t20-,21+,22-,23-,24+,25+,26-,27+,28-,30-,31-,32-,33-/m0/s1. The van der Waals surface area contributed by atoms with Crippen LogP contribution in [0, 0.1) is 58.2 Å². The van der Waals surface area contributed by atoms with Crippen molar-refractivity contribution in [2.24, 2.45) is 58.2 Å². The van der Waals surface area contributed by atoms with Crippen molar-refractivity contribution < 1.29 is 19.0 Å². The van der Waals surface area contributed by atoms with Crippen molar-refractivity contribution in [1.29, 1.82) is 0 Å². The van der Waals surface area contributed by atoms with Gasteiger partial charge >= 0.3 is 5.97 Å². The van der Waals surface area contributed by atoms with Crippen LogP contribution >= 0.6 is 0 Å². The van der Waals surface area contributed by atoms with Crippen molar-refractivity contribution in [2.75, 3.05) is 6.61 Å². The van der Waals surface area contributed by atoms with Crippen molar-refractivity contribution in [3.63, 3.8) is 0 Å². The third-order valence-electron chi connectivity index (χ3n) is 13.4. The number of rotatable bonds is 4. The highest BCUT2D eigenvalue weighted by atomic mass is 16.7. The number of carbonyl (C=O) groups is 1. The zero-order valence-electron chi connectivity index (χ0n) is 24.6. The molecule has 37 heavy (non-hydrogen) atoms. The average Bonchev–Trinajstić information content (AvgIpc) is 3.31. The molecular formula is C33H54O4. The fourth-order valence-corrected chi connectivity index (χ4v) is 11.0. The van der Waals surface area contributed by atoms with E-state index in [4.69, 9.17) is 14.2 Å². The maximum Gasteiger partial charge on any atom is 0.306 e. The second-order valence-corrected chi connectivity index (χ2v) is 15.3. The van der Waals surface area contributed by atoms with Gasteiger partial charge in [-0.3, -0.25) is 4.79 Å². The molecule has 4 aliphatic carbocycles. The largest absolute Gasteiger partial charge is 0.462 e. The van der Waals surface area contributed by atoms with Gasteiger partial charge in [0.25, 0.3) is 0 Å². The highest BCUT2D eigenvalue weighted by molar-refractivity contribution is 5.69. The molecule has 13 atom stereocenters. The minimum Gasteiger partial charge on any atom is -0.462 e. The minimum atomic E-state index is -0.305. The number of hydrogen-bond donors (Lipinski definition) is 0. The molecule has 2 heterocycles. The Morgan fingerprint density at radius 2 is 1.76 bits per heavy atom. The van der Waals surface area contributed by atoms with E-state index in [2.05, 4.69) is 41.5 Å². The van der Waals surface area contributed by atoms with Crippen LogP contribution < -0.4 is 0 Å². The van der Waals surface area contributed by atoms with Crippen LogP contribution in [0.2, 0.25) is 0 Å². The molecule has 6 rings (SSSR count). The van der Waals surface area contributed by atoms with E-state index >= 15 is 0 Å². The predicted octanol–water partition coefficient (Wildman–Crippen LogP) is 7.78. The number of carbonyl (C=O) groups excluding carboxylic acids is 1. The summed E-state index contributed by atoms with van der Waals surface area (Å²) < 4.78 is 19.5. The third-order valence-corrected chi connectivity index (χ3v) is 13.4. The number of fused-ring (bicyclic) bond motifs is 7. The summed E-state index contributed by atoms with van der Waals surface area (Å²) in [5.41, 5.74) is 0.810. The summed E-state index contributed by atoms with van der Waals surface area (Å²) in [5, 5.41) is 0. The lowest BCUT2D eigenvalue weighted by Gasteiger charge is -2.61. The van der Waals surface area contributed by atoms with E-state index in [9.17, 15) is 4.79 Å². The Morgan fingerprint density at radius 1 is 0.973 bits per heavy atom. The molecule has 0 aromatic heterocycles. The molecule has 2 saturated heterocycles. The van der Waals surface area contributed by atoms with E-state index in [0.29, 0.717) is 52.9 Å². The van der Waals surface area contributed by atoms with Crippen molar-refractivity contribution in [1.82, 2.24) is 0 Å². The lowest BCUT2D eigenvalue weighted by Crippen LogP contribution is -2.55. The summed E-state index contributed by atoms with van der Waals surface area (Å²) in [5.74, 6) is 5.15. The van der Waals surface area contributed by atoms with Gasteiger partial charge < -0.3 is 14.2 Å². The molecule has 0 bridgehead atoms. The second kappa shape index (κ2) is 9.50. The Labute approximate surface area is 226 Å². The molecule has 0 aromatic rings. The predicted molar refractivity (Wildman–Crippen MR) is 146 cm³/mol. The molecule has 6 fully saturated rings. The summed E-state index contributed by atoms with van der Waals surface area (Å²) in [6, 6.07) is 0. The molecule has 0 radical (unpaired) electrons. The highest BCUT2D eigenvalue weighted by Crippen LogP contribution is 2.71. The molecule has 0 amide bonds. The Hall–Kier alpha value is -0.610. The van der Waals surface area contributed by atoms with Gasteiger partial charge in [0.05, 0.1) is 12.7 Å². The van der Waals surface area contributed by atoms with E-state index in [1.54, 1.807) is 0 Å². The normalized spacial score (nSPS) is 53.6. The van der Waals surface area contributed by atoms with E-state index in [0.717, 1.165) is 50.0 Å². The zero-order valence-corrected chi connectivity index (χ0v) is 24.6. The van der Waals surface area contributed by atoms with Crippen molar-refractivity contribution >= 4 is 5.97 Å². The van der Waals surface area contributed by atoms with Crippen molar-refractivity contribution in [3.8, 4) is 0 Å². The van der Waals surface area contributed by atoms with Gasteiger partial charge in [0.15, 0.2) is 5.79 Å². The van der Waals surface area contributed by atoms with Gasteiger partial charge in [-0.15, -0.1) is 0 Å². The van der Waals surface area contributed by atoms with E-state index in [-0.39, 0.29) is 17.9 Å². The first kappa shape index (κ1) is 26.6. The summed E-state index contributed by atoms with van der Waals surface area (Å²) in [7, 11) is 0. The number of ether oxygens (including phenoxy) is 3. The van der Waals surface area contributed by atoms with Gasteiger partial charge in [-0.05, 0) is 110 Å². The molecule has 1 spiro atoms. The van der Waals surface area contributed by atoms with Crippen LogP contribution in [0.4, 0.5) is 0 Å². The highest BCUT2D eigenvalue weighted by Gasteiger charge is 2.69. The second-order valence-electron chi connectivity index (χ2n) is 15.3. The van der Waals surface area contributed by atoms with Crippen molar-refractivity contribution in [2.45, 2.75) is 137 Å². The lowest BCUT2D eigenvalue weighted by atomic mass is 9.44. The van der Waals surface area contributed by atoms with Crippen LogP contribution in [-0.4, -0.2) is 30.6 Å². The van der Waals surface area contributed by atoms with Gasteiger partial charge in [-0.25, -0.2) is 0 Å². The number of hydrogen-bond acceptors (Lipinski definition) is 4. The van der Waals surface area contributed by atoms with Crippen LogP contribution in [0.3, 0.4) is 0 Å². The molecule has 2 aliphatic heterocycles. The van der Waals surface area contributed by atoms with Crippen LogP contribution in [0.15, 0.2) is 0 Å². The quantitative estimate of drug-likeness (QED) is 0.359. The van der Waals surface area contributed by atoms with Gasteiger partial charge in [0.1, 0.15) is 6.10 Å². The van der Waals surface area contributed by atoms with E-state index in [1.807, 2.05) is 0 Å². The summed E-state index contributed by atoms with van der Waals surface area (Å²) in [6.07, 6.45) is 14.6. The minimum absolute atomic E-state index is 0.0332. The molecule has 4 saturated carbocycles. The Kier molecular flexibility index (Phi) is 6.83. The van der Waals surface area contributed by atoms with Crippen molar-refractivity contribution in [3.05, 3.63) is 0 Å². The molecule has 0 N–H and O–H groups in total. The van der Waals surface area contributed by atoms with Gasteiger partial charge in [-0.1, -0.05) is 48.0 Å². The smallest absolute Gasteiger partial charge is 0.306 e. The fraction of sp³-hybridized carbons (Fsp3) is 0.970. The third kappa shape index (κ3) is 4.16. The summed E-state index contributed by atoms with van der Waals surface area (Å²) in [4.78, 5) is 12.5. The maximum absolute atomic E-state index is 12.5. The first-order chi connectivity index (χ1) is 17.6. The van der Waals surface area contributed by atoms with E-state index in [1.165, 1.54) is 44.9 Å². The maximum atomic E-state index is 12.5. The summed E-state index contributed by atoms with van der Waals surface area (Å²) >= 11 is 0. The van der Waals surface area contributed by atoms with Gasteiger partial charge in [0.2, 0.25) is 0 Å². The molecular weight excluding hydrogens is 460 g/mol. The lowest BCUT2D eigenvalue weighted by molar-refractivity contribution is -0.273. The molecule has 0 unspecified atom stereocenters. The Bertz CT molecular complexity index is 862. The Morgan fingerprint density at radius 3 is 2.49 bits per heavy atom. The molecule has 4 heteroatoms. The van der Waals surface area contributed by atoms with Crippen LogP contribution in [0.25, 0.3) is 0 Å². The van der Waals surface area contributed by atoms with Crippen LogP contribution in [0.1, 0.15) is 119 Å². The average molecular weight is 515 g/mol. The summed E-state index contributed by atoms with van der Waals surface area (Å²) in [6.45, 7) is 15.2. The zero-order chi connectivity index (χ0) is 26.2. The SMILES string of the molecule is CC[C@H](C)CC(=O)O[C@@H]1CC[C@@]2(C)[C@@H](CC[C@H]3[C@H]4C[C@@H]5O[C@@]6(CC[C@@H](C)CO6)[C@@H](C)[C@@H]5[C@@]4(C)CC[C@@H]32)C1. The van der Waals surface area contributed by atoms with E-state index < -0.39 is 0 Å². The van der Waals surface area contributed by atoms with Crippen LogP contribution in [0.5, 0.6) is 0 Å². The molecule has 210 valence electrons. The molecule has 4 nitrogen and oxygen atoms in total. The topological polar surface area (TPSA) is 44.8 Å². The van der Waals surface area contributed by atoms with Gasteiger partial charge in [-0.2, -0.15) is 0 Å². The molecule has 6 aliphatic rings. The van der Waals surface area contributed by atoms with Crippen LogP contribution in [-0.2, 0) is 19.0 Å². The first-order valence-corrected chi connectivity index (χ1v) is 16.1. The number of esters is 1. The first-order valence-electron chi connectivity index (χ1n) is 16.1.